The van der Waals surface area contributed by atoms with E-state index in [4.69, 9.17) is 18.0 Å². The lowest BCUT2D eigenvalue weighted by molar-refractivity contribution is 0.688. The highest BCUT2D eigenvalue weighted by Crippen LogP contribution is 2.20. The molecule has 0 aromatic heterocycles. The Hall–Kier alpha value is -1.09. The van der Waals surface area contributed by atoms with Gasteiger partial charge in [0.15, 0.2) is 0 Å². The average molecular weight is 222 g/mol. The number of hydrogen-bond donors (Lipinski definition) is 2. The maximum Gasteiger partial charge on any atom is 0.106 e. The van der Waals surface area contributed by atoms with Crippen molar-refractivity contribution in [2.75, 3.05) is 11.9 Å². The molecule has 15 heavy (non-hydrogen) atoms. The van der Waals surface area contributed by atoms with Crippen LogP contribution in [0.25, 0.3) is 0 Å². The summed E-state index contributed by atoms with van der Waals surface area (Å²) in [7, 11) is 0. The van der Waals surface area contributed by atoms with Gasteiger partial charge in [0.2, 0.25) is 0 Å². The van der Waals surface area contributed by atoms with Crippen LogP contribution in [0.2, 0.25) is 0 Å². The van der Waals surface area contributed by atoms with Gasteiger partial charge in [-0.25, -0.2) is 0 Å². The quantitative estimate of drug-likeness (QED) is 0.769. The molecule has 0 saturated carbocycles. The normalized spacial score (nSPS) is 10.4. The Morgan fingerprint density at radius 2 is 2.13 bits per heavy atom. The van der Waals surface area contributed by atoms with Crippen molar-refractivity contribution < 1.29 is 0 Å². The summed E-state index contributed by atoms with van der Waals surface area (Å²) in [6.45, 7) is 7.34. The molecular weight excluding hydrogens is 204 g/mol. The van der Waals surface area contributed by atoms with Gasteiger partial charge in [0.25, 0.3) is 0 Å². The second kappa shape index (κ2) is 5.12. The van der Waals surface area contributed by atoms with Gasteiger partial charge in [-0.15, -0.1) is 0 Å². The summed E-state index contributed by atoms with van der Waals surface area (Å²) in [5.41, 5.74) is 8.87. The molecular formula is C12H18N2S. The molecule has 0 amide bonds. The minimum atomic E-state index is 0.449. The smallest absolute Gasteiger partial charge is 0.106 e. The Morgan fingerprint density at radius 3 is 2.67 bits per heavy atom. The minimum absolute atomic E-state index is 0.449. The number of para-hydroxylation sites is 1. The Kier molecular flexibility index (Phi) is 4.09. The van der Waals surface area contributed by atoms with Crippen molar-refractivity contribution in [3.05, 3.63) is 29.3 Å². The van der Waals surface area contributed by atoms with Crippen molar-refractivity contribution in [3.8, 4) is 0 Å². The van der Waals surface area contributed by atoms with E-state index in [1.807, 2.05) is 12.1 Å². The van der Waals surface area contributed by atoms with Crippen LogP contribution >= 0.6 is 12.2 Å². The van der Waals surface area contributed by atoms with Gasteiger partial charge < -0.3 is 11.1 Å². The average Bonchev–Trinajstić information content (AvgIpc) is 2.15. The van der Waals surface area contributed by atoms with Crippen LogP contribution in [-0.2, 0) is 0 Å². The van der Waals surface area contributed by atoms with E-state index in [1.165, 1.54) is 5.56 Å². The van der Waals surface area contributed by atoms with Crippen LogP contribution in [0.4, 0.5) is 5.69 Å². The minimum Gasteiger partial charge on any atom is -0.389 e. The highest BCUT2D eigenvalue weighted by molar-refractivity contribution is 7.80. The Bertz CT molecular complexity index is 359. The number of rotatable bonds is 4. The summed E-state index contributed by atoms with van der Waals surface area (Å²) >= 11 is 5.03. The van der Waals surface area contributed by atoms with Gasteiger partial charge in [-0.3, -0.25) is 0 Å². The van der Waals surface area contributed by atoms with E-state index >= 15 is 0 Å². The predicted molar refractivity (Wildman–Crippen MR) is 70.4 cm³/mol. The molecule has 1 aromatic carbocycles. The molecule has 0 unspecified atom stereocenters. The molecule has 3 N–H and O–H groups in total. The molecule has 0 atom stereocenters. The number of aryl methyl sites for hydroxylation is 1. The van der Waals surface area contributed by atoms with E-state index in [0.717, 1.165) is 17.8 Å². The highest BCUT2D eigenvalue weighted by atomic mass is 32.1. The lowest BCUT2D eigenvalue weighted by Crippen LogP contribution is -2.16. The molecule has 1 aromatic rings. The maximum absolute atomic E-state index is 5.68. The Labute approximate surface area is 96.9 Å². The second-order valence-electron chi connectivity index (χ2n) is 4.14. The van der Waals surface area contributed by atoms with E-state index in [1.54, 1.807) is 0 Å². The zero-order chi connectivity index (χ0) is 11.4. The van der Waals surface area contributed by atoms with Crippen LogP contribution < -0.4 is 11.1 Å². The first-order valence-corrected chi connectivity index (χ1v) is 5.56. The first-order chi connectivity index (χ1) is 7.02. The van der Waals surface area contributed by atoms with E-state index in [9.17, 15) is 0 Å². The van der Waals surface area contributed by atoms with Crippen molar-refractivity contribution in [1.82, 2.24) is 0 Å². The van der Waals surface area contributed by atoms with Crippen LogP contribution in [0, 0.1) is 12.8 Å². The third-order valence-corrected chi connectivity index (χ3v) is 2.45. The van der Waals surface area contributed by atoms with Gasteiger partial charge in [0.05, 0.1) is 0 Å². The molecule has 0 radical (unpaired) electrons. The molecule has 0 bridgehead atoms. The summed E-state index contributed by atoms with van der Waals surface area (Å²) in [4.78, 5) is 0.449. The summed E-state index contributed by atoms with van der Waals surface area (Å²) in [5.74, 6) is 0.601. The van der Waals surface area contributed by atoms with Gasteiger partial charge in [-0.1, -0.05) is 38.2 Å². The lowest BCUT2D eigenvalue weighted by Gasteiger charge is -2.15. The zero-order valence-electron chi connectivity index (χ0n) is 9.50. The van der Waals surface area contributed by atoms with E-state index < -0.39 is 0 Å². The molecule has 0 heterocycles. The van der Waals surface area contributed by atoms with Gasteiger partial charge in [-0.05, 0) is 24.5 Å². The van der Waals surface area contributed by atoms with Crippen LogP contribution in [0.1, 0.15) is 25.0 Å². The van der Waals surface area contributed by atoms with Crippen molar-refractivity contribution in [1.29, 1.82) is 0 Å². The number of anilines is 1. The molecule has 0 saturated heterocycles. The van der Waals surface area contributed by atoms with Crippen LogP contribution in [0.15, 0.2) is 18.2 Å². The van der Waals surface area contributed by atoms with E-state index in [0.29, 0.717) is 10.9 Å². The number of thiocarbonyl (C=S) groups is 1. The zero-order valence-corrected chi connectivity index (χ0v) is 10.3. The molecule has 0 aliphatic rings. The topological polar surface area (TPSA) is 38.0 Å². The molecule has 0 aliphatic heterocycles. The largest absolute Gasteiger partial charge is 0.389 e. The van der Waals surface area contributed by atoms with Crippen molar-refractivity contribution in [2.45, 2.75) is 20.8 Å². The summed E-state index contributed by atoms with van der Waals surface area (Å²) < 4.78 is 0. The molecule has 3 heteroatoms. The summed E-state index contributed by atoms with van der Waals surface area (Å²) in [5, 5.41) is 3.39. The molecule has 0 spiro atoms. The SMILES string of the molecule is Cc1cccc(C(N)=S)c1NCC(C)C. The number of nitrogens with two attached hydrogens (primary N) is 1. The monoisotopic (exact) mass is 222 g/mol. The molecule has 82 valence electrons. The van der Waals surface area contributed by atoms with Crippen LogP contribution in [0.5, 0.6) is 0 Å². The number of hydrogen-bond acceptors (Lipinski definition) is 2. The molecule has 1 rings (SSSR count). The van der Waals surface area contributed by atoms with Crippen molar-refractivity contribution >= 4 is 22.9 Å². The molecule has 0 aliphatic carbocycles. The Morgan fingerprint density at radius 1 is 1.47 bits per heavy atom. The lowest BCUT2D eigenvalue weighted by atomic mass is 10.1. The fourth-order valence-electron chi connectivity index (χ4n) is 1.41. The van der Waals surface area contributed by atoms with Gasteiger partial charge in [-0.2, -0.15) is 0 Å². The summed E-state index contributed by atoms with van der Waals surface area (Å²) in [6.07, 6.45) is 0. The second-order valence-corrected chi connectivity index (χ2v) is 4.58. The first-order valence-electron chi connectivity index (χ1n) is 5.15. The maximum atomic E-state index is 5.68. The van der Waals surface area contributed by atoms with Crippen molar-refractivity contribution in [2.24, 2.45) is 11.7 Å². The highest BCUT2D eigenvalue weighted by Gasteiger charge is 2.07. The fraction of sp³-hybridized carbons (Fsp3) is 0.417. The third-order valence-electron chi connectivity index (χ3n) is 2.23. The summed E-state index contributed by atoms with van der Waals surface area (Å²) in [6, 6.07) is 5.99. The molecule has 2 nitrogen and oxygen atoms in total. The van der Waals surface area contributed by atoms with Crippen molar-refractivity contribution in [3.63, 3.8) is 0 Å². The number of nitrogens with one attached hydrogen (secondary N) is 1. The predicted octanol–water partition coefficient (Wildman–Crippen LogP) is 2.70. The van der Waals surface area contributed by atoms with Crippen LogP contribution in [0.3, 0.4) is 0 Å². The van der Waals surface area contributed by atoms with E-state index in [2.05, 4.69) is 32.2 Å². The standard InChI is InChI=1S/C12H18N2S/c1-8(2)7-14-11-9(3)5-4-6-10(11)12(13)15/h4-6,8,14H,7H2,1-3H3,(H2,13,15). The Balaban J connectivity index is 2.97. The van der Waals surface area contributed by atoms with E-state index in [-0.39, 0.29) is 0 Å². The van der Waals surface area contributed by atoms with Gasteiger partial charge >= 0.3 is 0 Å². The third kappa shape index (κ3) is 3.20. The number of benzene rings is 1. The fourth-order valence-corrected chi connectivity index (χ4v) is 1.58. The first kappa shape index (κ1) is 12.0. The molecule has 0 fully saturated rings. The van der Waals surface area contributed by atoms with Crippen LogP contribution in [-0.4, -0.2) is 11.5 Å². The van der Waals surface area contributed by atoms with Gasteiger partial charge in [0.1, 0.15) is 4.99 Å². The van der Waals surface area contributed by atoms with Gasteiger partial charge in [0, 0.05) is 17.8 Å².